The molecule has 0 aromatic carbocycles. The number of aryl methyl sites for hydroxylation is 1. The molecule has 1 aliphatic carbocycles. The van der Waals surface area contributed by atoms with E-state index in [1.165, 1.54) is 19.3 Å². The number of aromatic nitrogens is 2. The van der Waals surface area contributed by atoms with Crippen LogP contribution in [0, 0.1) is 3.80 Å². The van der Waals surface area contributed by atoms with E-state index >= 15 is 0 Å². The Labute approximate surface area is 135 Å². The van der Waals surface area contributed by atoms with Gasteiger partial charge in [0.25, 0.3) is 0 Å². The Kier molecular flexibility index (Phi) is 7.07. The van der Waals surface area contributed by atoms with Crippen LogP contribution in [0.15, 0.2) is 19.0 Å². The zero-order valence-electron chi connectivity index (χ0n) is 9.05. The van der Waals surface area contributed by atoms with Crippen molar-refractivity contribution in [3.8, 4) is 0 Å². The van der Waals surface area contributed by atoms with Crippen LogP contribution in [0.1, 0.15) is 19.3 Å². The number of halogens is 2. The fourth-order valence-electron chi connectivity index (χ4n) is 1.18. The molecular weight excluding hydrogens is 611 g/mol. The third-order valence-corrected chi connectivity index (χ3v) is 5.43. The van der Waals surface area contributed by atoms with Crippen LogP contribution in [0.25, 0.3) is 6.20 Å². The summed E-state index contributed by atoms with van der Waals surface area (Å²) in [5, 5.41) is 0. The Bertz CT molecular complexity index is 393. The van der Waals surface area contributed by atoms with Crippen molar-refractivity contribution >= 4 is 51.9 Å². The minimum atomic E-state index is 0.890. The fourth-order valence-corrected chi connectivity index (χ4v) is 2.84. The van der Waals surface area contributed by atoms with E-state index in [-0.39, 0.29) is 0 Å². The number of hydrogen-bond donors (Lipinski definition) is 0. The predicted octanol–water partition coefficient (Wildman–Crippen LogP) is 3.55. The Hall–Kier alpha value is 1.06. The largest absolute Gasteiger partial charge is 0.185 e. The molecule has 1 aromatic rings. The van der Waals surface area contributed by atoms with Crippen molar-refractivity contribution in [2.75, 3.05) is 0 Å². The maximum Gasteiger partial charge on any atom is 0.0311 e. The third kappa shape index (κ3) is 4.38. The van der Waals surface area contributed by atoms with Crippen LogP contribution < -0.4 is 0 Å². The van der Waals surface area contributed by atoms with E-state index in [4.69, 9.17) is 0 Å². The Balaban J connectivity index is 0.000000165. The zero-order valence-corrected chi connectivity index (χ0v) is 15.6. The summed E-state index contributed by atoms with van der Waals surface area (Å²) in [6.45, 7) is 3.65. The van der Waals surface area contributed by atoms with Crippen LogP contribution in [0.2, 0.25) is 0 Å². The van der Waals surface area contributed by atoms with Gasteiger partial charge in [0.2, 0.25) is 0 Å². The van der Waals surface area contributed by atoms with E-state index in [9.17, 15) is 0 Å². The van der Waals surface area contributed by atoms with Crippen molar-refractivity contribution in [2.24, 2.45) is 7.05 Å². The second-order valence-corrected chi connectivity index (χ2v) is 8.53. The van der Waals surface area contributed by atoms with Crippen molar-refractivity contribution in [2.45, 2.75) is 25.3 Å². The monoisotopic (exact) mass is 626 g/mol. The molecule has 0 amide bonds. The van der Waals surface area contributed by atoms with Gasteiger partial charge in [-0.3, -0.25) is 0 Å². The topological polar surface area (TPSA) is 13.1 Å². The third-order valence-electron chi connectivity index (χ3n) is 2.46. The van der Waals surface area contributed by atoms with Gasteiger partial charge in [0, 0.05) is 51.8 Å². The molecule has 2 rings (SSSR count). The number of nitrogens with zero attached hydrogens (tertiary/aromatic N) is 3. The van der Waals surface area contributed by atoms with Crippen LogP contribution >= 0.6 is 45.7 Å². The van der Waals surface area contributed by atoms with Gasteiger partial charge in [-0.05, 0) is 12.8 Å². The second-order valence-electron chi connectivity index (χ2n) is 3.58. The SMILES string of the molecule is C=Cn1ccn(C)[c]1=[Pt].IN(I)C1CCC1. The number of hydrogen-bond acceptors (Lipinski definition) is 1. The van der Waals surface area contributed by atoms with Gasteiger partial charge in [-0.1, -0.05) is 6.42 Å². The summed E-state index contributed by atoms with van der Waals surface area (Å²) in [5.41, 5.74) is 0. The second kappa shape index (κ2) is 7.48. The molecule has 94 valence electrons. The first-order valence-electron chi connectivity index (χ1n) is 4.98. The first-order chi connectivity index (χ1) is 7.56. The molecule has 1 saturated carbocycles. The van der Waals surface area contributed by atoms with E-state index in [1.54, 1.807) is 6.20 Å². The van der Waals surface area contributed by atoms with Gasteiger partial charge >= 0.3 is 64.5 Å². The Morgan fingerprint density at radius 2 is 2.12 bits per heavy atom. The first-order valence-corrected chi connectivity index (χ1v) is 8.05. The van der Waals surface area contributed by atoms with E-state index < -0.39 is 0 Å². The summed E-state index contributed by atoms with van der Waals surface area (Å²) >= 11 is 6.92. The first kappa shape index (κ1) is 15.1. The quantitative estimate of drug-likeness (QED) is 0.362. The summed E-state index contributed by atoms with van der Waals surface area (Å²) in [7, 11) is 2.00. The van der Waals surface area contributed by atoms with Crippen LogP contribution in [0.5, 0.6) is 0 Å². The molecule has 0 radical (unpaired) electrons. The molecule has 0 unspecified atom stereocenters. The van der Waals surface area contributed by atoms with Crippen LogP contribution in [-0.2, 0) is 26.4 Å². The zero-order chi connectivity index (χ0) is 12.1. The van der Waals surface area contributed by atoms with Gasteiger partial charge < -0.3 is 0 Å². The van der Waals surface area contributed by atoms with Crippen molar-refractivity contribution in [1.82, 2.24) is 10.5 Å². The molecule has 1 fully saturated rings. The van der Waals surface area contributed by atoms with Gasteiger partial charge in [0.15, 0.2) is 0 Å². The minimum Gasteiger partial charge on any atom is -0.185 e. The van der Waals surface area contributed by atoms with Gasteiger partial charge in [-0.2, -0.15) is 1.33 Å². The molecule has 1 aromatic heterocycles. The average Bonchev–Trinajstić information content (AvgIpc) is 2.44. The minimum absolute atomic E-state index is 0.890. The van der Waals surface area contributed by atoms with Gasteiger partial charge in [0.1, 0.15) is 0 Å². The molecule has 1 aliphatic rings. The van der Waals surface area contributed by atoms with Crippen molar-refractivity contribution < 1.29 is 19.4 Å². The van der Waals surface area contributed by atoms with Crippen molar-refractivity contribution in [1.29, 1.82) is 0 Å². The summed E-state index contributed by atoms with van der Waals surface area (Å²) in [4.78, 5) is 0. The van der Waals surface area contributed by atoms with Gasteiger partial charge in [-0.15, -0.1) is 0 Å². The maximum atomic E-state index is 3.65. The van der Waals surface area contributed by atoms with E-state index in [1.807, 2.05) is 28.6 Å². The molecule has 0 saturated heterocycles. The standard InChI is InChI=1S/C6H8N2.C4H7I2N.Pt/c1-3-8-5-4-7(2)6-8;5-7(6)4-2-1-3-4;/h3-5H,1H2,2H3;4H,1-3H2;. The summed E-state index contributed by atoms with van der Waals surface area (Å²) in [6, 6.07) is 0.890. The average molecular weight is 626 g/mol. The maximum absolute atomic E-state index is 3.65. The molecule has 0 spiro atoms. The molecule has 16 heavy (non-hydrogen) atoms. The molecule has 1 heterocycles. The summed E-state index contributed by atoms with van der Waals surface area (Å²) in [6.07, 6.45) is 9.99. The summed E-state index contributed by atoms with van der Waals surface area (Å²) < 4.78 is 7.40. The molecule has 6 heteroatoms. The molecule has 0 N–H and O–H groups in total. The van der Waals surface area contributed by atoms with E-state index in [0.717, 1.165) is 9.85 Å². The van der Waals surface area contributed by atoms with Crippen LogP contribution in [0.4, 0.5) is 0 Å². The molecule has 0 bridgehead atoms. The van der Waals surface area contributed by atoms with Gasteiger partial charge in [0.05, 0.1) is 0 Å². The van der Waals surface area contributed by atoms with Crippen LogP contribution in [0.3, 0.4) is 0 Å². The van der Waals surface area contributed by atoms with E-state index in [0.29, 0.717) is 0 Å². The predicted molar refractivity (Wildman–Crippen MR) is 80.6 cm³/mol. The van der Waals surface area contributed by atoms with E-state index in [2.05, 4.69) is 73.0 Å². The van der Waals surface area contributed by atoms with Crippen molar-refractivity contribution in [3.05, 3.63) is 22.8 Å². The Morgan fingerprint density at radius 1 is 1.50 bits per heavy atom. The van der Waals surface area contributed by atoms with Crippen LogP contribution in [-0.4, -0.2) is 16.5 Å². The molecule has 0 aliphatic heterocycles. The Morgan fingerprint density at radius 3 is 2.25 bits per heavy atom. The summed E-state index contributed by atoms with van der Waals surface area (Å²) in [5.74, 6) is 0. The van der Waals surface area contributed by atoms with Gasteiger partial charge in [-0.25, -0.2) is 0 Å². The van der Waals surface area contributed by atoms with Crippen molar-refractivity contribution in [3.63, 3.8) is 0 Å². The smallest absolute Gasteiger partial charge is 0.0311 e. The molecule has 0 atom stereocenters. The number of imidazole rings is 1. The molecular formula is C10H15I2N3Pt. The normalized spacial score (nSPS) is 15.4. The number of rotatable bonds is 2. The fraction of sp³-hybridized carbons (Fsp3) is 0.500. The molecule has 3 nitrogen and oxygen atoms in total.